The number of nitrogens with one attached hydrogen (secondary N) is 1. The molecule has 0 saturated carbocycles. The fourth-order valence-electron chi connectivity index (χ4n) is 2.72. The van der Waals surface area contributed by atoms with E-state index in [0.717, 1.165) is 41.9 Å². The molecule has 1 N–H and O–H groups in total. The molecule has 2 aromatic rings. The Kier molecular flexibility index (Phi) is 3.95. The molecule has 0 fully saturated rings. The fraction of sp³-hybridized carbons (Fsp3) is 0.353. The lowest BCUT2D eigenvalue weighted by Crippen LogP contribution is -2.30. The zero-order chi connectivity index (χ0) is 14.7. The maximum absolute atomic E-state index is 11.6. The zero-order valence-corrected chi connectivity index (χ0v) is 12.2. The third-order valence-corrected chi connectivity index (χ3v) is 3.87. The maximum atomic E-state index is 11.6. The summed E-state index contributed by atoms with van der Waals surface area (Å²) in [4.78, 5) is 20.8. The zero-order valence-electron chi connectivity index (χ0n) is 12.2. The van der Waals surface area contributed by atoms with Crippen LogP contribution >= 0.6 is 0 Å². The van der Waals surface area contributed by atoms with Crippen LogP contribution in [0.25, 0.3) is 11.4 Å². The third kappa shape index (κ3) is 2.94. The Morgan fingerprint density at radius 3 is 2.90 bits per heavy atom. The molecule has 21 heavy (non-hydrogen) atoms. The van der Waals surface area contributed by atoms with Crippen molar-refractivity contribution in [2.45, 2.75) is 38.6 Å². The predicted octanol–water partition coefficient (Wildman–Crippen LogP) is 3.05. The topological polar surface area (TPSA) is 54.9 Å². The molecule has 1 aromatic carbocycles. The summed E-state index contributed by atoms with van der Waals surface area (Å²) in [6.45, 7) is 1.87. The molecule has 1 atom stereocenters. The van der Waals surface area contributed by atoms with Crippen LogP contribution in [0.5, 0.6) is 0 Å². The molecule has 4 nitrogen and oxygen atoms in total. The highest BCUT2D eigenvalue weighted by Crippen LogP contribution is 2.29. The summed E-state index contributed by atoms with van der Waals surface area (Å²) in [6.07, 6.45) is 5.36. The van der Waals surface area contributed by atoms with Crippen molar-refractivity contribution < 1.29 is 4.79 Å². The molecule has 0 spiro atoms. The average molecular weight is 281 g/mol. The van der Waals surface area contributed by atoms with Crippen LogP contribution in [0.3, 0.4) is 0 Å². The quantitative estimate of drug-likeness (QED) is 0.940. The highest BCUT2D eigenvalue weighted by Gasteiger charge is 2.23. The molecule has 1 aromatic heterocycles. The summed E-state index contributed by atoms with van der Waals surface area (Å²) in [5, 5.41) is 3.07. The van der Waals surface area contributed by atoms with Crippen LogP contribution in [0.4, 0.5) is 0 Å². The summed E-state index contributed by atoms with van der Waals surface area (Å²) in [5.74, 6) is 0.844. The summed E-state index contributed by atoms with van der Waals surface area (Å²) < 4.78 is 0. The van der Waals surface area contributed by atoms with Gasteiger partial charge >= 0.3 is 0 Å². The molecule has 1 heterocycles. The first-order valence-electron chi connectivity index (χ1n) is 7.48. The van der Waals surface area contributed by atoms with Gasteiger partial charge in [0.25, 0.3) is 0 Å². The van der Waals surface area contributed by atoms with E-state index < -0.39 is 0 Å². The highest BCUT2D eigenvalue weighted by atomic mass is 16.1. The molecule has 1 amide bonds. The number of carbonyl (C=O) groups excluding carboxylic acids is 1. The number of fused-ring (bicyclic) bond motifs is 1. The van der Waals surface area contributed by atoms with Gasteiger partial charge in [0.05, 0.1) is 6.04 Å². The van der Waals surface area contributed by atoms with E-state index in [0.29, 0.717) is 6.42 Å². The number of nitrogens with zero attached hydrogens (tertiary/aromatic N) is 2. The normalized spacial score (nSPS) is 17.1. The summed E-state index contributed by atoms with van der Waals surface area (Å²) >= 11 is 0. The van der Waals surface area contributed by atoms with Gasteiger partial charge in [0.1, 0.15) is 0 Å². The van der Waals surface area contributed by atoms with Crippen molar-refractivity contribution in [1.82, 2.24) is 15.3 Å². The smallest absolute Gasteiger partial charge is 0.220 e. The van der Waals surface area contributed by atoms with E-state index in [2.05, 4.69) is 10.3 Å². The molecule has 0 unspecified atom stereocenters. The number of benzene rings is 1. The number of amides is 1. The van der Waals surface area contributed by atoms with Crippen molar-refractivity contribution in [3.63, 3.8) is 0 Å². The number of hydrogen-bond donors (Lipinski definition) is 1. The largest absolute Gasteiger partial charge is 0.349 e. The van der Waals surface area contributed by atoms with Crippen LogP contribution in [0.2, 0.25) is 0 Å². The lowest BCUT2D eigenvalue weighted by atomic mass is 9.92. The molecular formula is C17H19N3O. The average Bonchev–Trinajstić information content (AvgIpc) is 2.55. The van der Waals surface area contributed by atoms with Gasteiger partial charge in [0.2, 0.25) is 5.91 Å². The SMILES string of the molecule is CCC(=O)N[C@H]1CCCc2nc(-c3ccccc3)ncc21. The molecule has 3 rings (SSSR count). The first kappa shape index (κ1) is 13.7. The van der Waals surface area contributed by atoms with Crippen LogP contribution in [-0.4, -0.2) is 15.9 Å². The summed E-state index contributed by atoms with van der Waals surface area (Å²) in [5.41, 5.74) is 3.17. The molecule has 4 heteroatoms. The fourth-order valence-corrected chi connectivity index (χ4v) is 2.72. The Labute approximate surface area is 124 Å². The molecule has 0 aliphatic heterocycles. The van der Waals surface area contributed by atoms with Crippen molar-refractivity contribution in [2.24, 2.45) is 0 Å². The van der Waals surface area contributed by atoms with Crippen LogP contribution in [-0.2, 0) is 11.2 Å². The number of aryl methyl sites for hydroxylation is 1. The van der Waals surface area contributed by atoms with E-state index in [1.165, 1.54) is 0 Å². The van der Waals surface area contributed by atoms with Gasteiger partial charge in [-0.3, -0.25) is 4.79 Å². The first-order valence-corrected chi connectivity index (χ1v) is 7.48. The van der Waals surface area contributed by atoms with E-state index in [1.54, 1.807) is 0 Å². The van der Waals surface area contributed by atoms with Gasteiger partial charge in [-0.15, -0.1) is 0 Å². The van der Waals surface area contributed by atoms with Crippen molar-refractivity contribution in [3.8, 4) is 11.4 Å². The molecule has 0 bridgehead atoms. The number of hydrogen-bond acceptors (Lipinski definition) is 3. The van der Waals surface area contributed by atoms with Crippen molar-refractivity contribution in [2.75, 3.05) is 0 Å². The Morgan fingerprint density at radius 2 is 2.14 bits per heavy atom. The second-order valence-electron chi connectivity index (χ2n) is 5.33. The summed E-state index contributed by atoms with van der Waals surface area (Å²) in [7, 11) is 0. The maximum Gasteiger partial charge on any atom is 0.220 e. The van der Waals surface area contributed by atoms with Gasteiger partial charge in [-0.05, 0) is 19.3 Å². The van der Waals surface area contributed by atoms with E-state index in [9.17, 15) is 4.79 Å². The third-order valence-electron chi connectivity index (χ3n) is 3.87. The number of aromatic nitrogens is 2. The Morgan fingerprint density at radius 1 is 1.33 bits per heavy atom. The van der Waals surface area contributed by atoms with Gasteiger partial charge in [0, 0.05) is 29.4 Å². The van der Waals surface area contributed by atoms with Crippen molar-refractivity contribution in [3.05, 3.63) is 47.8 Å². The molecule has 0 radical (unpaired) electrons. The van der Waals surface area contributed by atoms with E-state index in [1.807, 2.05) is 43.5 Å². The van der Waals surface area contributed by atoms with Crippen LogP contribution in [0.1, 0.15) is 43.5 Å². The molecule has 1 aliphatic rings. The lowest BCUT2D eigenvalue weighted by molar-refractivity contribution is -0.121. The minimum absolute atomic E-state index is 0.0611. The van der Waals surface area contributed by atoms with Gasteiger partial charge in [0.15, 0.2) is 5.82 Å². The van der Waals surface area contributed by atoms with E-state index >= 15 is 0 Å². The predicted molar refractivity (Wildman–Crippen MR) is 81.6 cm³/mol. The van der Waals surface area contributed by atoms with Gasteiger partial charge in [-0.2, -0.15) is 0 Å². The Bertz CT molecular complexity index is 640. The molecular weight excluding hydrogens is 262 g/mol. The Hall–Kier alpha value is -2.23. The van der Waals surface area contributed by atoms with Gasteiger partial charge in [-0.1, -0.05) is 37.3 Å². The van der Waals surface area contributed by atoms with Crippen LogP contribution < -0.4 is 5.32 Å². The van der Waals surface area contributed by atoms with Crippen molar-refractivity contribution in [1.29, 1.82) is 0 Å². The van der Waals surface area contributed by atoms with Crippen LogP contribution in [0.15, 0.2) is 36.5 Å². The standard InChI is InChI=1S/C17H19N3O/c1-2-16(21)19-14-9-6-10-15-13(14)11-18-17(20-15)12-7-4-3-5-8-12/h3-5,7-8,11,14H,2,6,9-10H2,1H3,(H,19,21)/t14-/m0/s1. The van der Waals surface area contributed by atoms with E-state index in [4.69, 9.17) is 4.98 Å². The highest BCUT2D eigenvalue weighted by molar-refractivity contribution is 5.76. The van der Waals surface area contributed by atoms with E-state index in [-0.39, 0.29) is 11.9 Å². The molecule has 0 saturated heterocycles. The minimum Gasteiger partial charge on any atom is -0.349 e. The number of carbonyl (C=O) groups is 1. The van der Waals surface area contributed by atoms with Crippen LogP contribution in [0, 0.1) is 0 Å². The summed E-state index contributed by atoms with van der Waals surface area (Å²) in [6, 6.07) is 10.1. The minimum atomic E-state index is 0.0611. The van der Waals surface area contributed by atoms with Gasteiger partial charge in [-0.25, -0.2) is 9.97 Å². The van der Waals surface area contributed by atoms with Crippen molar-refractivity contribution >= 4 is 5.91 Å². The molecule has 108 valence electrons. The number of rotatable bonds is 3. The lowest BCUT2D eigenvalue weighted by Gasteiger charge is -2.25. The first-order chi connectivity index (χ1) is 10.3. The monoisotopic (exact) mass is 281 g/mol. The Balaban J connectivity index is 1.90. The van der Waals surface area contributed by atoms with Gasteiger partial charge < -0.3 is 5.32 Å². The molecule has 1 aliphatic carbocycles. The second-order valence-corrected chi connectivity index (χ2v) is 5.33. The second kappa shape index (κ2) is 6.04.